The molecule has 0 spiro atoms. The van der Waals surface area contributed by atoms with Crippen LogP contribution in [0.5, 0.6) is 0 Å². The molecule has 0 bridgehead atoms. The summed E-state index contributed by atoms with van der Waals surface area (Å²) in [6.07, 6.45) is 1.85. The fourth-order valence-corrected chi connectivity index (χ4v) is 1.47. The molecule has 102 valence electrons. The van der Waals surface area contributed by atoms with Gasteiger partial charge in [0, 0.05) is 38.4 Å². The van der Waals surface area contributed by atoms with Crippen LogP contribution in [-0.4, -0.2) is 42.4 Å². The zero-order chi connectivity index (χ0) is 13.6. The molecule has 0 unspecified atom stereocenters. The molecule has 18 heavy (non-hydrogen) atoms. The number of nitrogens with zero attached hydrogens (tertiary/aromatic N) is 1. The van der Waals surface area contributed by atoms with Gasteiger partial charge < -0.3 is 19.7 Å². The minimum absolute atomic E-state index is 0.0396. The minimum atomic E-state index is -0.306. The third kappa shape index (κ3) is 4.16. The van der Waals surface area contributed by atoms with Crippen LogP contribution in [-0.2, 0) is 11.3 Å². The van der Waals surface area contributed by atoms with Crippen molar-refractivity contribution >= 4 is 5.91 Å². The molecule has 1 aromatic rings. The van der Waals surface area contributed by atoms with E-state index in [9.17, 15) is 4.79 Å². The number of amides is 1. The summed E-state index contributed by atoms with van der Waals surface area (Å²) in [4.78, 5) is 12.0. The number of aliphatic hydroxyl groups excluding tert-OH is 1. The van der Waals surface area contributed by atoms with Crippen molar-refractivity contribution in [2.45, 2.75) is 20.4 Å². The maximum Gasteiger partial charge on any atom is 0.267 e. The average molecular weight is 254 g/mol. The summed E-state index contributed by atoms with van der Waals surface area (Å²) in [5.74, 6) is -0.127. The second-order valence-corrected chi connectivity index (χ2v) is 5.08. The number of rotatable bonds is 7. The first-order valence-corrected chi connectivity index (χ1v) is 6.03. The van der Waals surface area contributed by atoms with E-state index < -0.39 is 0 Å². The molecule has 1 amide bonds. The second kappa shape index (κ2) is 6.56. The Balaban J connectivity index is 2.59. The molecule has 5 nitrogen and oxygen atoms in total. The van der Waals surface area contributed by atoms with Crippen LogP contribution in [0.3, 0.4) is 0 Å². The Bertz CT molecular complexity index is 385. The molecular formula is C13H22N2O3. The van der Waals surface area contributed by atoms with Crippen molar-refractivity contribution in [2.75, 3.05) is 26.9 Å². The zero-order valence-corrected chi connectivity index (χ0v) is 11.3. The number of hydrogen-bond acceptors (Lipinski definition) is 3. The van der Waals surface area contributed by atoms with Gasteiger partial charge in [-0.1, -0.05) is 13.8 Å². The molecule has 1 rings (SSSR count). The Labute approximate surface area is 108 Å². The van der Waals surface area contributed by atoms with Crippen molar-refractivity contribution in [3.8, 4) is 0 Å². The van der Waals surface area contributed by atoms with Crippen molar-refractivity contribution in [1.29, 1.82) is 0 Å². The maximum atomic E-state index is 12.0. The van der Waals surface area contributed by atoms with Crippen molar-refractivity contribution < 1.29 is 14.6 Å². The van der Waals surface area contributed by atoms with Gasteiger partial charge in [-0.2, -0.15) is 0 Å². The highest BCUT2D eigenvalue weighted by atomic mass is 16.5. The molecule has 0 saturated heterocycles. The van der Waals surface area contributed by atoms with E-state index in [1.54, 1.807) is 13.2 Å². The Morgan fingerprint density at radius 1 is 1.56 bits per heavy atom. The third-order valence-electron chi connectivity index (χ3n) is 2.75. The van der Waals surface area contributed by atoms with Gasteiger partial charge in [-0.15, -0.1) is 0 Å². The highest BCUT2D eigenvalue weighted by Gasteiger charge is 2.19. The van der Waals surface area contributed by atoms with E-state index in [1.807, 2.05) is 30.7 Å². The summed E-state index contributed by atoms with van der Waals surface area (Å²) in [5.41, 5.74) is 0.306. The maximum absolute atomic E-state index is 12.0. The van der Waals surface area contributed by atoms with Crippen LogP contribution in [0.2, 0.25) is 0 Å². The van der Waals surface area contributed by atoms with Crippen molar-refractivity contribution in [1.82, 2.24) is 9.88 Å². The fourth-order valence-electron chi connectivity index (χ4n) is 1.47. The smallest absolute Gasteiger partial charge is 0.267 e. The number of methoxy groups -OCH3 is 1. The first kappa shape index (κ1) is 14.7. The molecule has 1 aromatic heterocycles. The number of nitrogens with one attached hydrogen (secondary N) is 1. The Morgan fingerprint density at radius 2 is 2.28 bits per heavy atom. The summed E-state index contributed by atoms with van der Waals surface area (Å²) < 4.78 is 6.85. The van der Waals surface area contributed by atoms with E-state index >= 15 is 0 Å². The molecule has 1 heterocycles. The quantitative estimate of drug-likeness (QED) is 0.759. The molecule has 0 aromatic carbocycles. The SMILES string of the molecule is COCCn1cccc1C(=O)NCC(C)(C)CO. The summed E-state index contributed by atoms with van der Waals surface area (Å²) in [6.45, 7) is 5.50. The summed E-state index contributed by atoms with van der Waals surface area (Å²) in [7, 11) is 1.63. The summed E-state index contributed by atoms with van der Waals surface area (Å²) >= 11 is 0. The van der Waals surface area contributed by atoms with E-state index in [1.165, 1.54) is 0 Å². The van der Waals surface area contributed by atoms with Crippen molar-refractivity contribution in [2.24, 2.45) is 5.41 Å². The van der Waals surface area contributed by atoms with Gasteiger partial charge in [-0.25, -0.2) is 0 Å². The zero-order valence-electron chi connectivity index (χ0n) is 11.3. The molecule has 0 aliphatic rings. The van der Waals surface area contributed by atoms with Crippen LogP contribution in [0.4, 0.5) is 0 Å². The minimum Gasteiger partial charge on any atom is -0.396 e. The Hall–Kier alpha value is -1.33. The largest absolute Gasteiger partial charge is 0.396 e. The highest BCUT2D eigenvalue weighted by Crippen LogP contribution is 2.12. The molecule has 0 radical (unpaired) electrons. The van der Waals surface area contributed by atoms with Crippen LogP contribution >= 0.6 is 0 Å². The highest BCUT2D eigenvalue weighted by molar-refractivity contribution is 5.92. The lowest BCUT2D eigenvalue weighted by Gasteiger charge is -2.22. The van der Waals surface area contributed by atoms with Gasteiger partial charge >= 0.3 is 0 Å². The number of carbonyl (C=O) groups is 1. The second-order valence-electron chi connectivity index (χ2n) is 5.08. The first-order valence-electron chi connectivity index (χ1n) is 6.03. The van der Waals surface area contributed by atoms with E-state index in [2.05, 4.69) is 5.32 Å². The van der Waals surface area contributed by atoms with Crippen LogP contribution in [0, 0.1) is 5.41 Å². The third-order valence-corrected chi connectivity index (χ3v) is 2.75. The predicted octanol–water partition coefficient (Wildman–Crippen LogP) is 0.883. The number of aromatic nitrogens is 1. The van der Waals surface area contributed by atoms with Crippen LogP contribution < -0.4 is 5.32 Å². The lowest BCUT2D eigenvalue weighted by atomic mass is 9.95. The van der Waals surface area contributed by atoms with E-state index in [0.717, 1.165) is 0 Å². The number of ether oxygens (including phenoxy) is 1. The van der Waals surface area contributed by atoms with Gasteiger partial charge in [0.15, 0.2) is 0 Å². The molecule has 0 fully saturated rings. The fraction of sp³-hybridized carbons (Fsp3) is 0.615. The van der Waals surface area contributed by atoms with Crippen LogP contribution in [0.1, 0.15) is 24.3 Å². The topological polar surface area (TPSA) is 63.5 Å². The van der Waals surface area contributed by atoms with Crippen LogP contribution in [0.15, 0.2) is 18.3 Å². The van der Waals surface area contributed by atoms with Gasteiger partial charge in [-0.3, -0.25) is 4.79 Å². The summed E-state index contributed by atoms with van der Waals surface area (Å²) in [5, 5.41) is 12.0. The monoisotopic (exact) mass is 254 g/mol. The first-order chi connectivity index (χ1) is 8.50. The van der Waals surface area contributed by atoms with E-state index in [4.69, 9.17) is 9.84 Å². The lowest BCUT2D eigenvalue weighted by Crippen LogP contribution is -2.36. The van der Waals surface area contributed by atoms with Crippen LogP contribution in [0.25, 0.3) is 0 Å². The van der Waals surface area contributed by atoms with Gasteiger partial charge in [0.1, 0.15) is 5.69 Å². The van der Waals surface area contributed by atoms with Gasteiger partial charge in [0.25, 0.3) is 5.91 Å². The van der Waals surface area contributed by atoms with E-state index in [-0.39, 0.29) is 17.9 Å². The molecule has 5 heteroatoms. The molecule has 0 atom stereocenters. The normalized spacial score (nSPS) is 11.6. The average Bonchev–Trinajstić information content (AvgIpc) is 2.82. The Kier molecular flexibility index (Phi) is 5.37. The molecule has 0 aliphatic heterocycles. The standard InChI is InChI=1S/C13H22N2O3/c1-13(2,10-16)9-14-12(17)11-5-4-6-15(11)7-8-18-3/h4-6,16H,7-10H2,1-3H3,(H,14,17). The number of hydrogen-bond donors (Lipinski definition) is 2. The van der Waals surface area contributed by atoms with Gasteiger partial charge in [0.2, 0.25) is 0 Å². The molecule has 0 saturated carbocycles. The van der Waals surface area contributed by atoms with Crippen molar-refractivity contribution in [3.63, 3.8) is 0 Å². The van der Waals surface area contributed by atoms with Gasteiger partial charge in [-0.05, 0) is 12.1 Å². The summed E-state index contributed by atoms with van der Waals surface area (Å²) in [6, 6.07) is 3.61. The van der Waals surface area contributed by atoms with Crippen molar-refractivity contribution in [3.05, 3.63) is 24.0 Å². The molecule has 2 N–H and O–H groups in total. The Morgan fingerprint density at radius 3 is 2.89 bits per heavy atom. The number of aliphatic hydroxyl groups is 1. The van der Waals surface area contributed by atoms with E-state index in [0.29, 0.717) is 25.4 Å². The van der Waals surface area contributed by atoms with Gasteiger partial charge in [0.05, 0.1) is 6.61 Å². The number of carbonyl (C=O) groups excluding carboxylic acids is 1. The molecule has 0 aliphatic carbocycles. The predicted molar refractivity (Wildman–Crippen MR) is 69.5 cm³/mol. The lowest BCUT2D eigenvalue weighted by molar-refractivity contribution is 0.0899. The molecular weight excluding hydrogens is 232 g/mol.